The number of nitrogen functional groups attached to an aromatic ring is 1. The Balaban J connectivity index is 1.87. The van der Waals surface area contributed by atoms with Crippen LogP contribution in [0.25, 0.3) is 16.9 Å². The van der Waals surface area contributed by atoms with E-state index < -0.39 is 0 Å². The fraction of sp³-hybridized carbons (Fsp3) is 0.286. The molecule has 0 saturated carbocycles. The first-order chi connectivity index (χ1) is 10.3. The number of hydrogen-bond donors (Lipinski definition) is 1. The van der Waals surface area contributed by atoms with Gasteiger partial charge in [-0.25, -0.2) is 9.97 Å². The third-order valence-electron chi connectivity index (χ3n) is 3.80. The summed E-state index contributed by atoms with van der Waals surface area (Å²) in [4.78, 5) is 10.8. The molecule has 1 saturated heterocycles. The zero-order valence-electron chi connectivity index (χ0n) is 11.5. The van der Waals surface area contributed by atoms with Crippen molar-refractivity contribution in [3.05, 3.63) is 30.6 Å². The summed E-state index contributed by atoms with van der Waals surface area (Å²) in [6, 6.07) is 7.74. The molecule has 0 spiro atoms. The molecule has 7 heteroatoms. The second-order valence-electron chi connectivity index (χ2n) is 5.12. The van der Waals surface area contributed by atoms with E-state index in [1.54, 1.807) is 4.68 Å². The Labute approximate surface area is 121 Å². The van der Waals surface area contributed by atoms with Gasteiger partial charge in [-0.1, -0.05) is 17.3 Å². The molecule has 0 aliphatic carbocycles. The van der Waals surface area contributed by atoms with Crippen molar-refractivity contribution < 1.29 is 0 Å². The number of nitrogens with two attached hydrogens (primary N) is 1. The average Bonchev–Trinajstić information content (AvgIpc) is 3.17. The van der Waals surface area contributed by atoms with Crippen molar-refractivity contribution in [3.8, 4) is 5.82 Å². The number of nitrogens with zero attached hydrogens (tertiary/aromatic N) is 6. The zero-order chi connectivity index (χ0) is 14.2. The Kier molecular flexibility index (Phi) is 2.70. The summed E-state index contributed by atoms with van der Waals surface area (Å²) in [5.74, 6) is 1.37. The summed E-state index contributed by atoms with van der Waals surface area (Å²) < 4.78 is 1.67. The molecule has 7 nitrogen and oxygen atoms in total. The number of fused-ring (bicyclic) bond motifs is 1. The van der Waals surface area contributed by atoms with Gasteiger partial charge in [0.25, 0.3) is 0 Å². The van der Waals surface area contributed by atoms with Gasteiger partial charge in [-0.15, -0.1) is 5.10 Å². The smallest absolute Gasteiger partial charge is 0.184 e. The molecule has 0 radical (unpaired) electrons. The topological polar surface area (TPSA) is 85.8 Å². The largest absolute Gasteiger partial charge is 0.393 e. The standard InChI is InChI=1S/C14H15N7/c15-12-13(20-7-3-4-8-20)16-9-17-14(12)21-11-6-2-1-5-10(11)18-19-21/h1-2,5-6,9H,3-4,7-8,15H2. The quantitative estimate of drug-likeness (QED) is 0.764. The van der Waals surface area contributed by atoms with Gasteiger partial charge in [0, 0.05) is 13.1 Å². The first-order valence-electron chi connectivity index (χ1n) is 7.01. The minimum atomic E-state index is 0.551. The molecular formula is C14H15N7. The fourth-order valence-electron chi connectivity index (χ4n) is 2.75. The molecule has 0 amide bonds. The van der Waals surface area contributed by atoms with Crippen molar-refractivity contribution in [1.82, 2.24) is 25.0 Å². The van der Waals surface area contributed by atoms with Crippen LogP contribution in [0.3, 0.4) is 0 Å². The molecule has 4 rings (SSSR count). The van der Waals surface area contributed by atoms with Gasteiger partial charge in [0.1, 0.15) is 17.5 Å². The number of para-hydroxylation sites is 1. The van der Waals surface area contributed by atoms with Crippen LogP contribution >= 0.6 is 0 Å². The molecule has 0 atom stereocenters. The molecular weight excluding hydrogens is 266 g/mol. The molecule has 106 valence electrons. The van der Waals surface area contributed by atoms with Crippen LogP contribution in [0.2, 0.25) is 0 Å². The van der Waals surface area contributed by atoms with E-state index in [0.29, 0.717) is 11.5 Å². The highest BCUT2D eigenvalue weighted by atomic mass is 15.4. The minimum Gasteiger partial charge on any atom is -0.393 e. The van der Waals surface area contributed by atoms with Crippen LogP contribution < -0.4 is 10.6 Å². The molecule has 21 heavy (non-hydrogen) atoms. The summed E-state index contributed by atoms with van der Waals surface area (Å²) >= 11 is 0. The van der Waals surface area contributed by atoms with Crippen molar-refractivity contribution in [2.24, 2.45) is 0 Å². The van der Waals surface area contributed by atoms with E-state index in [4.69, 9.17) is 5.73 Å². The first kappa shape index (κ1) is 12.1. The minimum absolute atomic E-state index is 0.551. The Hall–Kier alpha value is -2.70. The molecule has 1 fully saturated rings. The molecule has 2 aromatic heterocycles. The second-order valence-corrected chi connectivity index (χ2v) is 5.12. The lowest BCUT2D eigenvalue weighted by Crippen LogP contribution is -2.21. The van der Waals surface area contributed by atoms with Gasteiger partial charge in [0.2, 0.25) is 0 Å². The van der Waals surface area contributed by atoms with Gasteiger partial charge in [-0.3, -0.25) is 0 Å². The van der Waals surface area contributed by atoms with E-state index in [-0.39, 0.29) is 0 Å². The van der Waals surface area contributed by atoms with Crippen molar-refractivity contribution >= 4 is 22.5 Å². The van der Waals surface area contributed by atoms with Gasteiger partial charge >= 0.3 is 0 Å². The summed E-state index contributed by atoms with van der Waals surface area (Å²) in [5, 5.41) is 8.32. The molecule has 2 N–H and O–H groups in total. The number of benzene rings is 1. The fourth-order valence-corrected chi connectivity index (χ4v) is 2.75. The molecule has 3 heterocycles. The van der Waals surface area contributed by atoms with Crippen LogP contribution in [-0.2, 0) is 0 Å². The molecule has 3 aromatic rings. The summed E-state index contributed by atoms with van der Waals surface area (Å²) in [5.41, 5.74) is 8.54. The van der Waals surface area contributed by atoms with E-state index in [2.05, 4.69) is 25.2 Å². The maximum Gasteiger partial charge on any atom is 0.184 e. The van der Waals surface area contributed by atoms with Crippen LogP contribution in [0.1, 0.15) is 12.8 Å². The predicted molar refractivity (Wildman–Crippen MR) is 80.3 cm³/mol. The molecule has 1 aliphatic rings. The lowest BCUT2D eigenvalue weighted by molar-refractivity contribution is 0.796. The first-order valence-corrected chi connectivity index (χ1v) is 7.01. The van der Waals surface area contributed by atoms with E-state index in [0.717, 1.165) is 29.9 Å². The highest BCUT2D eigenvalue weighted by Crippen LogP contribution is 2.28. The monoisotopic (exact) mass is 281 g/mol. The zero-order valence-corrected chi connectivity index (χ0v) is 11.5. The van der Waals surface area contributed by atoms with Gasteiger partial charge in [-0.05, 0) is 25.0 Å². The van der Waals surface area contributed by atoms with Gasteiger partial charge < -0.3 is 10.6 Å². The second kappa shape index (κ2) is 4.69. The van der Waals surface area contributed by atoms with Crippen LogP contribution in [0.5, 0.6) is 0 Å². The van der Waals surface area contributed by atoms with Crippen LogP contribution in [0, 0.1) is 0 Å². The number of anilines is 2. The number of hydrogen-bond acceptors (Lipinski definition) is 6. The number of aromatic nitrogens is 5. The van der Waals surface area contributed by atoms with Crippen molar-refractivity contribution in [1.29, 1.82) is 0 Å². The van der Waals surface area contributed by atoms with E-state index in [9.17, 15) is 0 Å². The third kappa shape index (κ3) is 1.89. The molecule has 1 aliphatic heterocycles. The van der Waals surface area contributed by atoms with E-state index in [1.165, 1.54) is 19.2 Å². The summed E-state index contributed by atoms with van der Waals surface area (Å²) in [6.07, 6.45) is 3.88. The van der Waals surface area contributed by atoms with Gasteiger partial charge in [0.15, 0.2) is 11.6 Å². The summed E-state index contributed by atoms with van der Waals surface area (Å²) in [6.45, 7) is 1.97. The lowest BCUT2D eigenvalue weighted by Gasteiger charge is -2.19. The highest BCUT2D eigenvalue weighted by molar-refractivity contribution is 5.79. The van der Waals surface area contributed by atoms with Crippen molar-refractivity contribution in [3.63, 3.8) is 0 Å². The van der Waals surface area contributed by atoms with Crippen molar-refractivity contribution in [2.75, 3.05) is 23.7 Å². The van der Waals surface area contributed by atoms with Crippen LogP contribution in [0.4, 0.5) is 11.5 Å². The molecule has 0 bridgehead atoms. The lowest BCUT2D eigenvalue weighted by atomic mass is 10.3. The van der Waals surface area contributed by atoms with Crippen molar-refractivity contribution in [2.45, 2.75) is 12.8 Å². The average molecular weight is 281 g/mol. The van der Waals surface area contributed by atoms with Gasteiger partial charge in [0.05, 0.1) is 5.52 Å². The Morgan fingerprint density at radius 3 is 2.62 bits per heavy atom. The predicted octanol–water partition coefficient (Wildman–Crippen LogP) is 1.39. The number of rotatable bonds is 2. The Morgan fingerprint density at radius 1 is 1.00 bits per heavy atom. The summed E-state index contributed by atoms with van der Waals surface area (Å²) in [7, 11) is 0. The molecule has 1 aromatic carbocycles. The SMILES string of the molecule is Nc1c(N2CCCC2)ncnc1-n1nnc2ccccc21. The Morgan fingerprint density at radius 2 is 1.76 bits per heavy atom. The normalized spacial score (nSPS) is 15.0. The maximum absolute atomic E-state index is 6.29. The van der Waals surface area contributed by atoms with Crippen LogP contribution in [0.15, 0.2) is 30.6 Å². The van der Waals surface area contributed by atoms with E-state index in [1.807, 2.05) is 24.3 Å². The Bertz CT molecular complexity index is 789. The van der Waals surface area contributed by atoms with E-state index >= 15 is 0 Å². The third-order valence-corrected chi connectivity index (χ3v) is 3.80. The van der Waals surface area contributed by atoms with Gasteiger partial charge in [-0.2, -0.15) is 4.68 Å². The molecule has 0 unspecified atom stereocenters. The maximum atomic E-state index is 6.29. The van der Waals surface area contributed by atoms with Crippen LogP contribution in [-0.4, -0.2) is 38.1 Å². The highest BCUT2D eigenvalue weighted by Gasteiger charge is 2.20.